The van der Waals surface area contributed by atoms with Gasteiger partial charge in [-0.05, 0) is 143 Å². The van der Waals surface area contributed by atoms with Gasteiger partial charge in [0.05, 0.1) is 41.5 Å². The highest BCUT2D eigenvalue weighted by Crippen LogP contribution is 2.54. The van der Waals surface area contributed by atoms with E-state index in [0.29, 0.717) is 18.0 Å². The Labute approximate surface area is 226 Å². The molecule has 0 saturated carbocycles. The summed E-state index contributed by atoms with van der Waals surface area (Å²) in [5.41, 5.74) is 0.882. The molecule has 0 amide bonds. The van der Waals surface area contributed by atoms with Crippen LogP contribution in [0.3, 0.4) is 0 Å². The molecule has 0 aliphatic rings. The van der Waals surface area contributed by atoms with Gasteiger partial charge in [0.15, 0.2) is 11.5 Å². The molecule has 0 unspecified atom stereocenters. The summed E-state index contributed by atoms with van der Waals surface area (Å²) in [6.45, 7) is 4.36. The predicted octanol–water partition coefficient (Wildman–Crippen LogP) is 10.9. The number of hydrogen-bond acceptors (Lipinski definition) is 2. The standard InChI is InChI=1S/C15H6Br9NO/c1-2-3-25-13-7(19)11(23)15(12(24)8(13)20)26-14-9(21)5(17)4(16)6(18)10(14)22/h2,25H,1,3H2. The molecule has 0 aliphatic heterocycles. The van der Waals surface area contributed by atoms with E-state index in [2.05, 4.69) is 155 Å². The first-order valence-electron chi connectivity index (χ1n) is 6.53. The SMILES string of the molecule is C=CCNc1c(Br)c(Br)c(Oc2c(Br)c(Br)c(Br)c(Br)c2Br)c(Br)c1Br. The van der Waals surface area contributed by atoms with Crippen LogP contribution in [0.2, 0.25) is 0 Å². The van der Waals surface area contributed by atoms with Crippen LogP contribution < -0.4 is 10.1 Å². The summed E-state index contributed by atoms with van der Waals surface area (Å²) < 4.78 is 13.5. The number of hydrogen-bond donors (Lipinski definition) is 1. The van der Waals surface area contributed by atoms with E-state index < -0.39 is 0 Å². The minimum atomic E-state index is 0.607. The predicted molar refractivity (Wildman–Crippen MR) is 141 cm³/mol. The molecule has 0 aromatic heterocycles. The van der Waals surface area contributed by atoms with Crippen molar-refractivity contribution in [2.45, 2.75) is 0 Å². The van der Waals surface area contributed by atoms with Gasteiger partial charge in [-0.25, -0.2) is 0 Å². The molecular formula is C15H6Br9NO. The summed E-state index contributed by atoms with van der Waals surface area (Å²) in [6.07, 6.45) is 1.79. The monoisotopic (exact) mass is 926 g/mol. The zero-order chi connectivity index (χ0) is 19.8. The molecule has 0 atom stereocenters. The molecule has 11 heteroatoms. The quantitative estimate of drug-likeness (QED) is 0.183. The lowest BCUT2D eigenvalue weighted by Gasteiger charge is -2.20. The molecule has 26 heavy (non-hydrogen) atoms. The van der Waals surface area contributed by atoms with Crippen LogP contribution in [-0.2, 0) is 0 Å². The summed E-state index contributed by atoms with van der Waals surface area (Å²) >= 11 is 32.2. The van der Waals surface area contributed by atoms with Crippen molar-refractivity contribution in [1.82, 2.24) is 0 Å². The maximum Gasteiger partial charge on any atom is 0.158 e. The molecule has 0 aliphatic carbocycles. The summed E-state index contributed by atoms with van der Waals surface area (Å²) in [7, 11) is 0. The maximum absolute atomic E-state index is 6.26. The Morgan fingerprint density at radius 3 is 1.35 bits per heavy atom. The van der Waals surface area contributed by atoms with Crippen molar-refractivity contribution in [3.05, 3.63) is 52.9 Å². The molecule has 0 radical (unpaired) electrons. The zero-order valence-electron chi connectivity index (χ0n) is 12.3. The first-order chi connectivity index (χ1) is 12.1. The highest BCUT2D eigenvalue weighted by Gasteiger charge is 2.24. The second kappa shape index (κ2) is 10.4. The van der Waals surface area contributed by atoms with Gasteiger partial charge >= 0.3 is 0 Å². The van der Waals surface area contributed by atoms with E-state index in [9.17, 15) is 0 Å². The Kier molecular flexibility index (Phi) is 9.76. The van der Waals surface area contributed by atoms with E-state index in [-0.39, 0.29) is 0 Å². The van der Waals surface area contributed by atoms with Gasteiger partial charge in [-0.15, -0.1) is 6.58 Å². The van der Waals surface area contributed by atoms with E-state index in [1.807, 2.05) is 0 Å². The van der Waals surface area contributed by atoms with E-state index in [1.54, 1.807) is 6.08 Å². The molecule has 2 aromatic carbocycles. The van der Waals surface area contributed by atoms with Crippen molar-refractivity contribution < 1.29 is 4.74 Å². The molecule has 2 aromatic rings. The van der Waals surface area contributed by atoms with Crippen LogP contribution >= 0.6 is 143 Å². The number of ether oxygens (including phenoxy) is 1. The van der Waals surface area contributed by atoms with Crippen molar-refractivity contribution in [2.24, 2.45) is 0 Å². The minimum absolute atomic E-state index is 0.607. The number of anilines is 1. The lowest BCUT2D eigenvalue weighted by molar-refractivity contribution is 0.468. The number of halogens is 9. The normalized spacial score (nSPS) is 10.8. The fraction of sp³-hybridized carbons (Fsp3) is 0.0667. The average Bonchev–Trinajstić information content (AvgIpc) is 2.62. The van der Waals surface area contributed by atoms with Crippen LogP contribution in [0.4, 0.5) is 5.69 Å². The third kappa shape index (κ3) is 4.87. The van der Waals surface area contributed by atoms with Crippen molar-refractivity contribution in [3.8, 4) is 11.5 Å². The third-order valence-electron chi connectivity index (χ3n) is 3.02. The summed E-state index contributed by atoms with van der Waals surface area (Å²) in [4.78, 5) is 0. The van der Waals surface area contributed by atoms with E-state index in [1.165, 1.54) is 0 Å². The number of rotatable bonds is 5. The fourth-order valence-corrected chi connectivity index (χ4v) is 7.50. The second-order valence-corrected chi connectivity index (χ2v) is 11.8. The zero-order valence-corrected chi connectivity index (χ0v) is 26.6. The van der Waals surface area contributed by atoms with Crippen molar-refractivity contribution >= 4 is 149 Å². The van der Waals surface area contributed by atoms with E-state index in [0.717, 1.165) is 45.9 Å². The number of nitrogens with one attached hydrogen (secondary N) is 1. The first-order valence-corrected chi connectivity index (χ1v) is 13.7. The van der Waals surface area contributed by atoms with Crippen LogP contribution in [-0.4, -0.2) is 6.54 Å². The Morgan fingerprint density at radius 1 is 0.615 bits per heavy atom. The third-order valence-corrected chi connectivity index (χ3v) is 13.2. The van der Waals surface area contributed by atoms with Gasteiger partial charge in [0, 0.05) is 11.0 Å². The Bertz CT molecular complexity index is 840. The van der Waals surface area contributed by atoms with Crippen molar-refractivity contribution in [2.75, 3.05) is 11.9 Å². The molecule has 0 fully saturated rings. The largest absolute Gasteiger partial charge is 0.452 e. The molecule has 0 spiro atoms. The van der Waals surface area contributed by atoms with Gasteiger partial charge in [-0.2, -0.15) is 0 Å². The molecule has 0 saturated heterocycles. The summed E-state index contributed by atoms with van der Waals surface area (Å²) in [6, 6.07) is 0. The van der Waals surface area contributed by atoms with Crippen LogP contribution in [0.1, 0.15) is 0 Å². The van der Waals surface area contributed by atoms with E-state index in [4.69, 9.17) is 4.74 Å². The second-order valence-electron chi connectivity index (χ2n) is 4.63. The topological polar surface area (TPSA) is 21.3 Å². The number of benzene rings is 2. The van der Waals surface area contributed by atoms with Crippen molar-refractivity contribution in [1.29, 1.82) is 0 Å². The average molecular weight is 935 g/mol. The van der Waals surface area contributed by atoms with E-state index >= 15 is 0 Å². The molecule has 140 valence electrons. The first kappa shape index (κ1) is 24.4. The van der Waals surface area contributed by atoms with Crippen LogP contribution in [0.5, 0.6) is 11.5 Å². The molecular weight excluding hydrogens is 929 g/mol. The van der Waals surface area contributed by atoms with Gasteiger partial charge in [-0.1, -0.05) is 6.08 Å². The Morgan fingerprint density at radius 2 is 0.962 bits per heavy atom. The fourth-order valence-electron chi connectivity index (χ4n) is 1.81. The van der Waals surface area contributed by atoms with Crippen LogP contribution in [0, 0.1) is 0 Å². The molecule has 1 N–H and O–H groups in total. The highest BCUT2D eigenvalue weighted by atomic mass is 79.9. The molecule has 0 bridgehead atoms. The van der Waals surface area contributed by atoms with Crippen LogP contribution in [0.25, 0.3) is 0 Å². The maximum atomic E-state index is 6.26. The Balaban J connectivity index is 2.64. The van der Waals surface area contributed by atoms with Gasteiger partial charge in [0.25, 0.3) is 0 Å². The lowest BCUT2D eigenvalue weighted by Crippen LogP contribution is -2.02. The minimum Gasteiger partial charge on any atom is -0.452 e. The van der Waals surface area contributed by atoms with Gasteiger partial charge in [-0.3, -0.25) is 0 Å². The summed E-state index contributed by atoms with van der Waals surface area (Å²) in [5, 5.41) is 3.29. The summed E-state index contributed by atoms with van der Waals surface area (Å²) in [5.74, 6) is 1.22. The van der Waals surface area contributed by atoms with Crippen molar-refractivity contribution in [3.63, 3.8) is 0 Å². The van der Waals surface area contributed by atoms with Crippen LogP contribution in [0.15, 0.2) is 52.9 Å². The molecule has 0 heterocycles. The van der Waals surface area contributed by atoms with Gasteiger partial charge in [0.1, 0.15) is 0 Å². The molecule has 2 rings (SSSR count). The Hall–Kier alpha value is 2.10. The van der Waals surface area contributed by atoms with Gasteiger partial charge in [0.2, 0.25) is 0 Å². The highest BCUT2D eigenvalue weighted by molar-refractivity contribution is 9.16. The smallest absolute Gasteiger partial charge is 0.158 e. The lowest BCUT2D eigenvalue weighted by atomic mass is 10.3. The van der Waals surface area contributed by atoms with Gasteiger partial charge < -0.3 is 10.1 Å². The molecule has 2 nitrogen and oxygen atoms in total.